The van der Waals surface area contributed by atoms with Gasteiger partial charge < -0.3 is 19.9 Å². The van der Waals surface area contributed by atoms with Crippen molar-refractivity contribution in [2.24, 2.45) is 5.73 Å². The van der Waals surface area contributed by atoms with Crippen molar-refractivity contribution in [2.75, 3.05) is 20.3 Å². The lowest BCUT2D eigenvalue weighted by molar-refractivity contribution is 0.0600. The minimum Gasteiger partial charge on any atom is -0.490 e. The maximum atomic E-state index is 11.4. The number of methoxy groups -OCH3 is 1. The van der Waals surface area contributed by atoms with Gasteiger partial charge in [-0.25, -0.2) is 4.79 Å². The first-order valence-electron chi connectivity index (χ1n) is 8.33. The van der Waals surface area contributed by atoms with Crippen LogP contribution in [0.4, 0.5) is 0 Å². The second kappa shape index (κ2) is 8.67. The summed E-state index contributed by atoms with van der Waals surface area (Å²) in [5.41, 5.74) is 6.82. The van der Waals surface area contributed by atoms with E-state index in [1.54, 1.807) is 48.5 Å². The van der Waals surface area contributed by atoms with Crippen molar-refractivity contribution in [2.45, 2.75) is 0 Å². The Bertz CT molecular complexity index is 968. The van der Waals surface area contributed by atoms with Gasteiger partial charge in [0.05, 0.1) is 12.7 Å². The molecule has 28 heavy (non-hydrogen) atoms. The van der Waals surface area contributed by atoms with Crippen molar-refractivity contribution in [3.63, 3.8) is 0 Å². The number of primary amides is 1. The van der Waals surface area contributed by atoms with Crippen LogP contribution in [0.15, 0.2) is 48.5 Å². The fourth-order valence-electron chi connectivity index (χ4n) is 2.46. The largest absolute Gasteiger partial charge is 0.490 e. The number of aromatic amines is 1. The lowest BCUT2D eigenvalue weighted by Crippen LogP contribution is -2.12. The van der Waals surface area contributed by atoms with E-state index >= 15 is 0 Å². The molecule has 3 N–H and O–H groups in total. The summed E-state index contributed by atoms with van der Waals surface area (Å²) in [5, 5.41) is 10.1. The third-order valence-electron chi connectivity index (χ3n) is 3.78. The van der Waals surface area contributed by atoms with Crippen LogP contribution in [0.25, 0.3) is 11.3 Å². The van der Waals surface area contributed by atoms with Gasteiger partial charge in [0.2, 0.25) is 0 Å². The molecule has 0 aliphatic rings. The third-order valence-corrected chi connectivity index (χ3v) is 3.78. The van der Waals surface area contributed by atoms with Crippen LogP contribution in [0.3, 0.4) is 0 Å². The Morgan fingerprint density at radius 2 is 1.71 bits per heavy atom. The van der Waals surface area contributed by atoms with Gasteiger partial charge in [-0.05, 0) is 36.4 Å². The van der Waals surface area contributed by atoms with Gasteiger partial charge >= 0.3 is 5.97 Å². The molecular formula is C19H18N4O5. The number of hydrogen-bond donors (Lipinski definition) is 2. The highest BCUT2D eigenvalue weighted by molar-refractivity contribution is 5.96. The zero-order valence-corrected chi connectivity index (χ0v) is 15.0. The number of benzene rings is 2. The number of carbonyl (C=O) groups is 2. The molecular weight excluding hydrogens is 364 g/mol. The van der Waals surface area contributed by atoms with E-state index in [0.717, 1.165) is 0 Å². The van der Waals surface area contributed by atoms with Gasteiger partial charge in [0, 0.05) is 5.56 Å². The summed E-state index contributed by atoms with van der Waals surface area (Å²) in [7, 11) is 1.33. The zero-order chi connectivity index (χ0) is 19.9. The van der Waals surface area contributed by atoms with Crippen molar-refractivity contribution in [1.82, 2.24) is 15.4 Å². The number of ether oxygens (including phenoxy) is 3. The molecule has 1 heterocycles. The Labute approximate surface area is 160 Å². The highest BCUT2D eigenvalue weighted by Crippen LogP contribution is 2.24. The number of H-pyrrole nitrogens is 1. The van der Waals surface area contributed by atoms with Gasteiger partial charge in [-0.2, -0.15) is 15.4 Å². The molecule has 0 fully saturated rings. The molecule has 1 aromatic heterocycles. The summed E-state index contributed by atoms with van der Waals surface area (Å²) < 4.78 is 15.9. The highest BCUT2D eigenvalue weighted by Gasteiger charge is 2.15. The van der Waals surface area contributed by atoms with E-state index in [9.17, 15) is 9.59 Å². The number of amides is 1. The van der Waals surface area contributed by atoms with Crippen LogP contribution >= 0.6 is 0 Å². The molecule has 0 radical (unpaired) electrons. The second-order valence-corrected chi connectivity index (χ2v) is 5.63. The Kier molecular flexibility index (Phi) is 5.85. The first kappa shape index (κ1) is 18.9. The van der Waals surface area contributed by atoms with Crippen LogP contribution in [-0.2, 0) is 4.74 Å². The third kappa shape index (κ3) is 4.44. The molecule has 9 heteroatoms. The van der Waals surface area contributed by atoms with Gasteiger partial charge in [0.1, 0.15) is 30.4 Å². The summed E-state index contributed by atoms with van der Waals surface area (Å²) in [6.07, 6.45) is 0. The monoisotopic (exact) mass is 382 g/mol. The van der Waals surface area contributed by atoms with Crippen molar-refractivity contribution < 1.29 is 23.8 Å². The molecule has 0 spiro atoms. The van der Waals surface area contributed by atoms with Gasteiger partial charge in [0.15, 0.2) is 5.69 Å². The van der Waals surface area contributed by atoms with Crippen LogP contribution in [-0.4, -0.2) is 47.6 Å². The molecule has 0 aliphatic carbocycles. The lowest BCUT2D eigenvalue weighted by atomic mass is 10.1. The molecule has 0 unspecified atom stereocenters. The SMILES string of the molecule is COC(=O)c1ccc(OCCOc2cccc(-c3n[nH]nc3C(N)=O)c2)cc1. The Balaban J connectivity index is 1.55. The minimum absolute atomic E-state index is 0.0656. The molecule has 1 amide bonds. The topological polar surface area (TPSA) is 129 Å². The molecule has 3 aromatic rings. The van der Waals surface area contributed by atoms with Crippen LogP contribution in [0.1, 0.15) is 20.8 Å². The van der Waals surface area contributed by atoms with Gasteiger partial charge in [-0.15, -0.1) is 0 Å². The predicted octanol–water partition coefficient (Wildman–Crippen LogP) is 1.81. The van der Waals surface area contributed by atoms with Crippen LogP contribution in [0, 0.1) is 0 Å². The number of nitrogens with two attached hydrogens (primary N) is 1. The number of hydrogen-bond acceptors (Lipinski definition) is 7. The predicted molar refractivity (Wildman–Crippen MR) is 99.1 cm³/mol. The number of rotatable bonds is 8. The summed E-state index contributed by atoms with van der Waals surface area (Å²) in [6.45, 7) is 0.599. The maximum Gasteiger partial charge on any atom is 0.337 e. The average Bonchev–Trinajstić information content (AvgIpc) is 3.22. The van der Waals surface area contributed by atoms with E-state index in [2.05, 4.69) is 20.1 Å². The molecule has 0 aliphatic heterocycles. The van der Waals surface area contributed by atoms with Crippen molar-refractivity contribution in [1.29, 1.82) is 0 Å². The minimum atomic E-state index is -0.665. The van der Waals surface area contributed by atoms with E-state index in [1.165, 1.54) is 7.11 Å². The summed E-state index contributed by atoms with van der Waals surface area (Å²) in [4.78, 5) is 22.8. The van der Waals surface area contributed by atoms with Gasteiger partial charge in [0.25, 0.3) is 5.91 Å². The fraction of sp³-hybridized carbons (Fsp3) is 0.158. The summed E-state index contributed by atoms with van der Waals surface area (Å²) in [6, 6.07) is 13.7. The van der Waals surface area contributed by atoms with Crippen molar-refractivity contribution in [3.8, 4) is 22.8 Å². The molecule has 0 bridgehead atoms. The quantitative estimate of drug-likeness (QED) is 0.449. The normalized spacial score (nSPS) is 10.3. The van der Waals surface area contributed by atoms with E-state index in [-0.39, 0.29) is 5.69 Å². The Hall–Kier alpha value is -3.88. The van der Waals surface area contributed by atoms with E-state index in [4.69, 9.17) is 15.2 Å². The number of aromatic nitrogens is 3. The molecule has 9 nitrogen and oxygen atoms in total. The Morgan fingerprint density at radius 1 is 1.00 bits per heavy atom. The highest BCUT2D eigenvalue weighted by atomic mass is 16.5. The van der Waals surface area contributed by atoms with Gasteiger partial charge in [-0.1, -0.05) is 12.1 Å². The zero-order valence-electron chi connectivity index (χ0n) is 15.0. The van der Waals surface area contributed by atoms with E-state index < -0.39 is 11.9 Å². The summed E-state index contributed by atoms with van der Waals surface area (Å²) >= 11 is 0. The maximum absolute atomic E-state index is 11.4. The molecule has 0 saturated heterocycles. The first-order chi connectivity index (χ1) is 13.6. The first-order valence-corrected chi connectivity index (χ1v) is 8.33. The number of carbonyl (C=O) groups excluding carboxylic acids is 2. The molecule has 0 atom stereocenters. The fourth-order valence-corrected chi connectivity index (χ4v) is 2.46. The standard InChI is InChI=1S/C19H18N4O5/c1-26-19(25)12-5-7-14(8-6-12)27-9-10-28-15-4-2-3-13(11-15)16-17(18(20)24)22-23-21-16/h2-8,11H,9-10H2,1H3,(H2,20,24)(H,21,22,23). The average molecular weight is 382 g/mol. The smallest absolute Gasteiger partial charge is 0.337 e. The number of nitrogens with one attached hydrogen (secondary N) is 1. The summed E-state index contributed by atoms with van der Waals surface area (Å²) in [5.74, 6) is 0.127. The van der Waals surface area contributed by atoms with Crippen LogP contribution in [0.5, 0.6) is 11.5 Å². The number of esters is 1. The molecule has 2 aromatic carbocycles. The van der Waals surface area contributed by atoms with Crippen molar-refractivity contribution in [3.05, 3.63) is 59.8 Å². The molecule has 3 rings (SSSR count). The van der Waals surface area contributed by atoms with E-state index in [1.807, 2.05) is 0 Å². The van der Waals surface area contributed by atoms with E-state index in [0.29, 0.717) is 41.5 Å². The molecule has 0 saturated carbocycles. The van der Waals surface area contributed by atoms with Crippen LogP contribution < -0.4 is 15.2 Å². The van der Waals surface area contributed by atoms with Gasteiger partial charge in [-0.3, -0.25) is 4.79 Å². The molecule has 144 valence electrons. The number of nitrogens with zero attached hydrogens (tertiary/aromatic N) is 2. The van der Waals surface area contributed by atoms with Crippen LogP contribution in [0.2, 0.25) is 0 Å². The van der Waals surface area contributed by atoms with Crippen molar-refractivity contribution >= 4 is 11.9 Å². The Morgan fingerprint density at radius 3 is 2.39 bits per heavy atom. The lowest BCUT2D eigenvalue weighted by Gasteiger charge is -2.09. The second-order valence-electron chi connectivity index (χ2n) is 5.63.